The molecule has 0 bridgehead atoms. The lowest BCUT2D eigenvalue weighted by molar-refractivity contribution is -0.125. The normalized spacial score (nSPS) is 42.9. The van der Waals surface area contributed by atoms with Crippen LogP contribution >= 0.6 is 0 Å². The van der Waals surface area contributed by atoms with Crippen molar-refractivity contribution in [2.24, 2.45) is 21.7 Å². The Hall–Kier alpha value is -0.810. The molecule has 0 aromatic carbocycles. The van der Waals surface area contributed by atoms with Gasteiger partial charge in [-0.2, -0.15) is 0 Å². The molecule has 5 unspecified atom stereocenters. The van der Waals surface area contributed by atoms with Crippen LogP contribution in [0.1, 0.15) is 64.7 Å². The van der Waals surface area contributed by atoms with Gasteiger partial charge in [-0.15, -0.1) is 0 Å². The number of hydrogen-bond acceptors (Lipinski definition) is 3. The number of rotatable bonds is 3. The molecule has 0 aromatic rings. The van der Waals surface area contributed by atoms with Gasteiger partial charge in [0.2, 0.25) is 0 Å². The van der Waals surface area contributed by atoms with Gasteiger partial charge >= 0.3 is 0 Å². The van der Waals surface area contributed by atoms with E-state index in [-0.39, 0.29) is 11.5 Å². The largest absolute Gasteiger partial charge is 0.392 e. The van der Waals surface area contributed by atoms with Crippen LogP contribution in [0.5, 0.6) is 0 Å². The molecular formula is C20H35N3O2. The second-order valence-electron chi connectivity index (χ2n) is 9.15. The predicted octanol–water partition coefficient (Wildman–Crippen LogP) is 2.44. The van der Waals surface area contributed by atoms with E-state index in [1.807, 2.05) is 7.05 Å². The van der Waals surface area contributed by atoms with E-state index in [4.69, 9.17) is 4.74 Å². The third-order valence-electron chi connectivity index (χ3n) is 7.74. The van der Waals surface area contributed by atoms with E-state index in [0.29, 0.717) is 23.5 Å². The fourth-order valence-corrected chi connectivity index (χ4v) is 6.12. The zero-order valence-electron chi connectivity index (χ0n) is 15.9. The lowest BCUT2D eigenvalue weighted by atomic mass is 9.54. The predicted molar refractivity (Wildman–Crippen MR) is 99.6 cm³/mol. The van der Waals surface area contributed by atoms with Crippen LogP contribution in [0, 0.1) is 16.7 Å². The molecule has 0 radical (unpaired) electrons. The third-order valence-corrected chi connectivity index (χ3v) is 7.74. The molecule has 3 N–H and O–H groups in total. The smallest absolute Gasteiger partial charge is 0.191 e. The van der Waals surface area contributed by atoms with Gasteiger partial charge in [-0.3, -0.25) is 4.99 Å². The lowest BCUT2D eigenvalue weighted by Gasteiger charge is -2.57. The number of nitrogens with zero attached hydrogens (tertiary/aromatic N) is 1. The number of aliphatic hydroxyl groups is 1. The molecule has 5 atom stereocenters. The van der Waals surface area contributed by atoms with Crippen molar-refractivity contribution in [2.45, 2.75) is 83.0 Å². The quantitative estimate of drug-likeness (QED) is 0.541. The van der Waals surface area contributed by atoms with Crippen molar-refractivity contribution < 1.29 is 9.84 Å². The molecule has 1 spiro atoms. The number of nitrogens with one attached hydrogen (secondary N) is 2. The van der Waals surface area contributed by atoms with Gasteiger partial charge in [-0.05, 0) is 32.1 Å². The Labute approximate surface area is 152 Å². The van der Waals surface area contributed by atoms with Gasteiger partial charge in [0, 0.05) is 43.0 Å². The first-order valence-corrected chi connectivity index (χ1v) is 10.4. The van der Waals surface area contributed by atoms with Gasteiger partial charge in [0.05, 0.1) is 12.2 Å². The standard InChI is InChI=1S/C20H35N3O2/c1-19(9-4-3-7-15(19)24)13-22-18(21-2)23-16-14-8-12-25-17(14)20(16)10-5-6-11-20/h14-17,24H,3-13H2,1-2H3,(H2,21,22,23). The first kappa shape index (κ1) is 17.6. The van der Waals surface area contributed by atoms with Gasteiger partial charge in [0.15, 0.2) is 5.96 Å². The van der Waals surface area contributed by atoms with Crippen molar-refractivity contribution in [3.63, 3.8) is 0 Å². The van der Waals surface area contributed by atoms with Crippen molar-refractivity contribution in [1.82, 2.24) is 10.6 Å². The van der Waals surface area contributed by atoms with Crippen LogP contribution in [0.2, 0.25) is 0 Å². The van der Waals surface area contributed by atoms with Gasteiger partial charge < -0.3 is 20.5 Å². The first-order chi connectivity index (χ1) is 12.1. The van der Waals surface area contributed by atoms with Crippen molar-refractivity contribution in [3.05, 3.63) is 0 Å². The Balaban J connectivity index is 1.39. The summed E-state index contributed by atoms with van der Waals surface area (Å²) in [5, 5.41) is 17.7. The lowest BCUT2D eigenvalue weighted by Crippen LogP contribution is -2.69. The molecule has 5 nitrogen and oxygen atoms in total. The van der Waals surface area contributed by atoms with E-state index in [0.717, 1.165) is 38.4 Å². The number of aliphatic hydroxyl groups excluding tert-OH is 1. The summed E-state index contributed by atoms with van der Waals surface area (Å²) in [4.78, 5) is 4.49. The minimum Gasteiger partial charge on any atom is -0.392 e. The maximum Gasteiger partial charge on any atom is 0.191 e. The van der Waals surface area contributed by atoms with E-state index < -0.39 is 0 Å². The second kappa shape index (κ2) is 6.73. The SMILES string of the molecule is CN=C(NCC1(C)CCCCC1O)NC1C2CCOC2C12CCCC2. The van der Waals surface area contributed by atoms with Crippen LogP contribution in [0.25, 0.3) is 0 Å². The number of hydrogen-bond donors (Lipinski definition) is 3. The fourth-order valence-electron chi connectivity index (χ4n) is 6.12. The molecule has 142 valence electrons. The molecule has 3 saturated carbocycles. The molecule has 3 aliphatic carbocycles. The number of guanidine groups is 1. The monoisotopic (exact) mass is 349 g/mol. The Morgan fingerprint density at radius 1 is 1.16 bits per heavy atom. The van der Waals surface area contributed by atoms with E-state index in [9.17, 15) is 5.11 Å². The minimum absolute atomic E-state index is 0.0421. The zero-order chi connectivity index (χ0) is 17.5. The molecule has 5 heteroatoms. The topological polar surface area (TPSA) is 65.9 Å². The number of fused-ring (bicyclic) bond motifs is 2. The minimum atomic E-state index is -0.204. The van der Waals surface area contributed by atoms with Crippen molar-refractivity contribution >= 4 is 5.96 Å². The Bertz CT molecular complexity index is 517. The molecule has 4 fully saturated rings. The number of aliphatic imine (C=N–C) groups is 1. The van der Waals surface area contributed by atoms with Crippen molar-refractivity contribution in [2.75, 3.05) is 20.2 Å². The van der Waals surface area contributed by atoms with Crippen LogP contribution in [0.3, 0.4) is 0 Å². The van der Waals surface area contributed by atoms with Gasteiger partial charge in [-0.1, -0.05) is 32.6 Å². The molecule has 25 heavy (non-hydrogen) atoms. The fraction of sp³-hybridized carbons (Fsp3) is 0.950. The summed E-state index contributed by atoms with van der Waals surface area (Å²) in [6.45, 7) is 3.92. The van der Waals surface area contributed by atoms with Gasteiger partial charge in [0.1, 0.15) is 0 Å². The molecule has 1 saturated heterocycles. The zero-order valence-corrected chi connectivity index (χ0v) is 15.9. The summed E-state index contributed by atoms with van der Waals surface area (Å²) in [5.74, 6) is 1.55. The average molecular weight is 350 g/mol. The Morgan fingerprint density at radius 3 is 2.64 bits per heavy atom. The number of ether oxygens (including phenoxy) is 1. The summed E-state index contributed by atoms with van der Waals surface area (Å²) in [6.07, 6.45) is 11.1. The molecular weight excluding hydrogens is 314 g/mol. The molecule has 1 aliphatic heterocycles. The molecule has 4 aliphatic rings. The van der Waals surface area contributed by atoms with E-state index in [2.05, 4.69) is 22.5 Å². The van der Waals surface area contributed by atoms with Crippen LogP contribution in [-0.4, -0.2) is 49.5 Å². The van der Waals surface area contributed by atoms with Crippen LogP contribution in [-0.2, 0) is 4.74 Å². The summed E-state index contributed by atoms with van der Waals surface area (Å²) >= 11 is 0. The Kier molecular flexibility index (Phi) is 4.74. The molecule has 4 rings (SSSR count). The molecule has 0 aromatic heterocycles. The third kappa shape index (κ3) is 2.87. The van der Waals surface area contributed by atoms with Gasteiger partial charge in [0.25, 0.3) is 0 Å². The molecule has 1 heterocycles. The van der Waals surface area contributed by atoms with Crippen molar-refractivity contribution in [1.29, 1.82) is 0 Å². The van der Waals surface area contributed by atoms with E-state index in [1.165, 1.54) is 38.5 Å². The summed E-state index contributed by atoms with van der Waals surface area (Å²) in [6, 6.07) is 0.498. The first-order valence-electron chi connectivity index (χ1n) is 10.4. The highest BCUT2D eigenvalue weighted by atomic mass is 16.5. The highest BCUT2D eigenvalue weighted by Gasteiger charge is 2.65. The summed E-state index contributed by atoms with van der Waals surface area (Å²) in [7, 11) is 1.86. The summed E-state index contributed by atoms with van der Waals surface area (Å²) in [5.41, 5.74) is 0.298. The van der Waals surface area contributed by atoms with E-state index >= 15 is 0 Å². The highest BCUT2D eigenvalue weighted by Crippen LogP contribution is 2.60. The average Bonchev–Trinajstić information content (AvgIpc) is 3.26. The maximum absolute atomic E-state index is 10.4. The molecule has 0 amide bonds. The maximum atomic E-state index is 10.4. The van der Waals surface area contributed by atoms with Crippen LogP contribution in [0.4, 0.5) is 0 Å². The van der Waals surface area contributed by atoms with Gasteiger partial charge in [-0.25, -0.2) is 0 Å². The summed E-state index contributed by atoms with van der Waals surface area (Å²) < 4.78 is 6.09. The van der Waals surface area contributed by atoms with Crippen LogP contribution in [0.15, 0.2) is 4.99 Å². The van der Waals surface area contributed by atoms with Crippen molar-refractivity contribution in [3.8, 4) is 0 Å². The highest BCUT2D eigenvalue weighted by molar-refractivity contribution is 5.80. The Morgan fingerprint density at radius 2 is 1.92 bits per heavy atom. The second-order valence-corrected chi connectivity index (χ2v) is 9.15. The van der Waals surface area contributed by atoms with E-state index in [1.54, 1.807) is 0 Å². The van der Waals surface area contributed by atoms with Crippen LogP contribution < -0.4 is 10.6 Å².